The van der Waals surface area contributed by atoms with E-state index in [0.29, 0.717) is 0 Å². The van der Waals surface area contributed by atoms with Gasteiger partial charge in [0.15, 0.2) is 11.1 Å². The van der Waals surface area contributed by atoms with Gasteiger partial charge in [-0.3, -0.25) is 0 Å². The fraction of sp³-hybridized carbons (Fsp3) is 0.106. The summed E-state index contributed by atoms with van der Waals surface area (Å²) in [6.07, 6.45) is 0. The van der Waals surface area contributed by atoms with Crippen LogP contribution in [0, 0.1) is 27.7 Å². The number of hydrogen-bond acceptors (Lipinski definition) is 2. The van der Waals surface area contributed by atoms with Crippen molar-refractivity contribution in [2.75, 3.05) is 0 Å². The maximum absolute atomic E-state index is 6.83. The fourth-order valence-electron chi connectivity index (χ4n) is 10.1. The van der Waals surface area contributed by atoms with Gasteiger partial charge >= 0.3 is 5.66 Å². The van der Waals surface area contributed by atoms with Crippen molar-refractivity contribution in [1.29, 1.82) is 0 Å². The van der Waals surface area contributed by atoms with E-state index in [1.54, 1.807) is 0 Å². The average molecular weight is 703 g/mol. The molecular formula is C47H34N4OS+2. The molecule has 0 amide bonds. The average Bonchev–Trinajstić information content (AvgIpc) is 3.94. The summed E-state index contributed by atoms with van der Waals surface area (Å²) in [5.74, 6) is 1.81. The molecule has 1 spiro atoms. The van der Waals surface area contributed by atoms with E-state index >= 15 is 0 Å². The highest BCUT2D eigenvalue weighted by atomic mass is 32.1. The molecule has 6 heterocycles. The molecule has 53 heavy (non-hydrogen) atoms. The summed E-state index contributed by atoms with van der Waals surface area (Å²) >= 11 is 1.88. The number of rotatable bonds is 3. The molecule has 1 atom stereocenters. The summed E-state index contributed by atoms with van der Waals surface area (Å²) in [6, 6.07) is 48.6. The number of benzene rings is 6. The van der Waals surface area contributed by atoms with Gasteiger partial charge in [0.05, 0.1) is 22.5 Å². The van der Waals surface area contributed by atoms with Gasteiger partial charge in [-0.2, -0.15) is 0 Å². The van der Waals surface area contributed by atoms with E-state index in [1.807, 2.05) is 11.3 Å². The Hall–Kier alpha value is -6.24. The Bertz CT molecular complexity index is 3070. The molecule has 0 fully saturated rings. The highest BCUT2D eigenvalue weighted by molar-refractivity contribution is 7.25. The molecule has 252 valence electrons. The van der Waals surface area contributed by atoms with Crippen LogP contribution >= 0.6 is 11.3 Å². The van der Waals surface area contributed by atoms with Gasteiger partial charge in [-0.15, -0.1) is 20.7 Å². The van der Waals surface area contributed by atoms with Crippen LogP contribution in [0.5, 0.6) is 11.5 Å². The van der Waals surface area contributed by atoms with Crippen molar-refractivity contribution >= 4 is 31.5 Å². The van der Waals surface area contributed by atoms with Gasteiger partial charge in [-0.25, -0.2) is 0 Å². The van der Waals surface area contributed by atoms with Crippen molar-refractivity contribution in [1.82, 2.24) is 9.36 Å². The van der Waals surface area contributed by atoms with Crippen LogP contribution in [-0.4, -0.2) is 9.36 Å². The second-order valence-corrected chi connectivity index (χ2v) is 15.7. The second kappa shape index (κ2) is 10.00. The summed E-state index contributed by atoms with van der Waals surface area (Å²) in [4.78, 5) is 0. The van der Waals surface area contributed by atoms with Gasteiger partial charge in [0.1, 0.15) is 22.9 Å². The van der Waals surface area contributed by atoms with E-state index in [2.05, 4.69) is 180 Å². The van der Waals surface area contributed by atoms with E-state index in [9.17, 15) is 0 Å². The van der Waals surface area contributed by atoms with Crippen LogP contribution < -0.4 is 14.1 Å². The summed E-state index contributed by atoms with van der Waals surface area (Å²) in [5.41, 5.74) is 16.3. The van der Waals surface area contributed by atoms with Crippen LogP contribution in [0.4, 0.5) is 0 Å². The molecular weight excluding hydrogens is 669 g/mol. The number of nitrogens with zero attached hydrogens (tertiary/aromatic N) is 4. The molecule has 3 aromatic heterocycles. The Labute approximate surface area is 310 Å². The van der Waals surface area contributed by atoms with E-state index < -0.39 is 5.66 Å². The maximum Gasteiger partial charge on any atom is 0.469 e. The first-order valence-electron chi connectivity index (χ1n) is 18.3. The molecule has 0 bridgehead atoms. The lowest BCUT2D eigenvalue weighted by Crippen LogP contribution is -2.76. The highest BCUT2D eigenvalue weighted by Crippen LogP contribution is 2.56. The molecule has 0 N–H and O–H groups in total. The molecule has 0 aliphatic carbocycles. The number of fused-ring (bicyclic) bond motifs is 7. The Morgan fingerprint density at radius 3 is 1.68 bits per heavy atom. The van der Waals surface area contributed by atoms with Crippen molar-refractivity contribution in [3.05, 3.63) is 167 Å². The van der Waals surface area contributed by atoms with Crippen molar-refractivity contribution in [2.45, 2.75) is 33.4 Å². The number of thiophene rings is 1. The predicted octanol–water partition coefficient (Wildman–Crippen LogP) is 10.5. The van der Waals surface area contributed by atoms with E-state index in [4.69, 9.17) is 4.74 Å². The van der Waals surface area contributed by atoms with Crippen LogP contribution in [0.15, 0.2) is 133 Å². The predicted molar refractivity (Wildman–Crippen MR) is 212 cm³/mol. The first-order chi connectivity index (χ1) is 26.0. The minimum absolute atomic E-state index is 0.692. The third-order valence-corrected chi connectivity index (χ3v) is 13.2. The third kappa shape index (κ3) is 3.43. The Morgan fingerprint density at radius 2 is 1.02 bits per heavy atom. The SMILES string of the molecule is Cc1c(-c2ccc(-c3ccccc3)cc2)c(C)[n+]2n1-c1cccc3c1C21c2c(cccc2-n2c(C)c(-c4ccc5c(c4)sc4ccccc45)c(C)[n+]21)O3. The van der Waals surface area contributed by atoms with Crippen LogP contribution in [0.3, 0.4) is 0 Å². The van der Waals surface area contributed by atoms with Crippen molar-refractivity contribution in [3.63, 3.8) is 0 Å². The first-order valence-corrected chi connectivity index (χ1v) is 19.1. The zero-order valence-electron chi connectivity index (χ0n) is 29.8. The Kier molecular flexibility index (Phi) is 5.54. The molecule has 3 aliphatic heterocycles. The molecule has 3 aliphatic rings. The largest absolute Gasteiger partial charge is 0.469 e. The highest BCUT2D eigenvalue weighted by Gasteiger charge is 2.75. The smallest absolute Gasteiger partial charge is 0.455 e. The quantitative estimate of drug-likeness (QED) is 0.168. The zero-order valence-corrected chi connectivity index (χ0v) is 30.6. The van der Waals surface area contributed by atoms with Gasteiger partial charge in [-0.05, 0) is 81.9 Å². The number of aromatic nitrogens is 4. The lowest BCUT2D eigenvalue weighted by molar-refractivity contribution is -1.02. The van der Waals surface area contributed by atoms with Crippen molar-refractivity contribution < 1.29 is 14.1 Å². The minimum Gasteiger partial charge on any atom is -0.455 e. The lowest BCUT2D eigenvalue weighted by Gasteiger charge is -2.23. The van der Waals surface area contributed by atoms with Crippen LogP contribution in [0.1, 0.15) is 33.9 Å². The van der Waals surface area contributed by atoms with Gasteiger partial charge in [0, 0.05) is 34.0 Å². The molecule has 0 radical (unpaired) electrons. The van der Waals surface area contributed by atoms with Crippen LogP contribution in [-0.2, 0) is 5.66 Å². The van der Waals surface area contributed by atoms with Crippen LogP contribution in [0.2, 0.25) is 0 Å². The molecule has 5 nitrogen and oxygen atoms in total. The molecule has 0 saturated carbocycles. The summed E-state index contributed by atoms with van der Waals surface area (Å²) < 4.78 is 19.5. The standard InChI is InChI=1S/C47H34N4OS/c1-27-43(33-22-20-32(21-23-33)31-12-6-5-7-13-31)29(3)50-47-45-37(48(27)50)15-10-17-39(45)52-40-18-11-16-38(46(40)47)49-28(2)44(30(4)51(47)49)34-24-25-36-35-14-8-9-19-41(35)53-42(36)26-34/h5-26H,1-4H3/q+2. The first kappa shape index (κ1) is 29.3. The molecule has 6 aromatic carbocycles. The summed E-state index contributed by atoms with van der Waals surface area (Å²) in [6.45, 7) is 9.16. The normalized spacial score (nSPS) is 15.8. The number of hydrogen-bond donors (Lipinski definition) is 0. The van der Waals surface area contributed by atoms with Crippen molar-refractivity contribution in [2.24, 2.45) is 0 Å². The molecule has 0 saturated heterocycles. The van der Waals surface area contributed by atoms with Gasteiger partial charge in [0.25, 0.3) is 0 Å². The second-order valence-electron chi connectivity index (χ2n) is 14.7. The third-order valence-electron chi connectivity index (χ3n) is 12.1. The summed E-state index contributed by atoms with van der Waals surface area (Å²) in [5, 5.41) is 2.65. The lowest BCUT2D eigenvalue weighted by atomic mass is 9.86. The molecule has 1 unspecified atom stereocenters. The Morgan fingerprint density at radius 1 is 0.491 bits per heavy atom. The molecule has 9 aromatic rings. The molecule has 12 rings (SSSR count). The fourth-order valence-corrected chi connectivity index (χ4v) is 11.2. The van der Waals surface area contributed by atoms with E-state index in [-0.39, 0.29) is 0 Å². The van der Waals surface area contributed by atoms with Crippen LogP contribution in [0.25, 0.3) is 64.9 Å². The van der Waals surface area contributed by atoms with Gasteiger partial charge in [0.2, 0.25) is 11.4 Å². The van der Waals surface area contributed by atoms with E-state index in [1.165, 1.54) is 87.5 Å². The minimum atomic E-state index is -0.692. The number of ether oxygens (including phenoxy) is 1. The van der Waals surface area contributed by atoms with E-state index in [0.717, 1.165) is 22.9 Å². The summed E-state index contributed by atoms with van der Waals surface area (Å²) in [7, 11) is 0. The van der Waals surface area contributed by atoms with Gasteiger partial charge < -0.3 is 4.74 Å². The zero-order chi connectivity index (χ0) is 35.3. The monoisotopic (exact) mass is 702 g/mol. The Balaban J connectivity index is 1.14. The topological polar surface area (TPSA) is 26.8 Å². The van der Waals surface area contributed by atoms with Gasteiger partial charge in [-0.1, -0.05) is 97.1 Å². The molecule has 6 heteroatoms. The van der Waals surface area contributed by atoms with Crippen molar-refractivity contribution in [3.8, 4) is 56.3 Å². The maximum atomic E-state index is 6.83.